The van der Waals surface area contributed by atoms with Gasteiger partial charge in [-0.15, -0.1) is 27.8 Å². The van der Waals surface area contributed by atoms with Crippen molar-refractivity contribution in [3.63, 3.8) is 0 Å². The Morgan fingerprint density at radius 2 is 1.94 bits per heavy atom. The molecule has 0 unspecified atom stereocenters. The summed E-state index contributed by atoms with van der Waals surface area (Å²) in [5.41, 5.74) is -0.717. The molecule has 0 fully saturated rings. The fraction of sp³-hybridized carbons (Fsp3) is 0.100. The van der Waals surface area contributed by atoms with Crippen LogP contribution >= 0.6 is 22.7 Å². The first kappa shape index (κ1) is 20.3. The number of nitrogens with zero attached hydrogens (tertiary/aromatic N) is 4. The lowest BCUT2D eigenvalue weighted by molar-refractivity contribution is -0.117. The standard InChI is InChI=1S/C20H13F2N5O3S2/c21-11-3-4-14(13(22)8-11)23-16(28)10-26-20(30)27-15-5-7-32-17(15)18(29)25(19(27)24-26)9-12-2-1-6-31-12/h1-8H,9-10H2,(H,23,28). The van der Waals surface area contributed by atoms with Crippen molar-refractivity contribution in [1.82, 2.24) is 18.7 Å². The lowest BCUT2D eigenvalue weighted by atomic mass is 10.3. The van der Waals surface area contributed by atoms with E-state index in [1.54, 1.807) is 11.4 Å². The van der Waals surface area contributed by atoms with E-state index < -0.39 is 29.8 Å². The van der Waals surface area contributed by atoms with Crippen molar-refractivity contribution in [1.29, 1.82) is 0 Å². The zero-order chi connectivity index (χ0) is 22.4. The number of halogens is 2. The number of fused-ring (bicyclic) bond motifs is 3. The van der Waals surface area contributed by atoms with E-state index in [0.717, 1.165) is 21.7 Å². The van der Waals surface area contributed by atoms with Gasteiger partial charge in [-0.05, 0) is 35.0 Å². The number of nitrogens with one attached hydrogen (secondary N) is 1. The molecule has 0 atom stereocenters. The zero-order valence-electron chi connectivity index (χ0n) is 16.1. The van der Waals surface area contributed by atoms with Crippen molar-refractivity contribution in [3.8, 4) is 0 Å². The number of benzene rings is 1. The van der Waals surface area contributed by atoms with Gasteiger partial charge in [0.05, 0.1) is 17.7 Å². The minimum atomic E-state index is -0.939. The molecule has 0 aliphatic heterocycles. The summed E-state index contributed by atoms with van der Waals surface area (Å²) in [6.45, 7) is -0.298. The number of amides is 1. The second kappa shape index (κ2) is 7.80. The summed E-state index contributed by atoms with van der Waals surface area (Å²) in [6, 6.07) is 8.10. The average Bonchev–Trinajstić information content (AvgIpc) is 3.49. The molecule has 5 aromatic rings. The monoisotopic (exact) mass is 473 g/mol. The van der Waals surface area contributed by atoms with Gasteiger partial charge in [-0.1, -0.05) is 6.07 Å². The first-order chi connectivity index (χ1) is 15.4. The highest BCUT2D eigenvalue weighted by atomic mass is 32.1. The van der Waals surface area contributed by atoms with Crippen molar-refractivity contribution < 1.29 is 13.6 Å². The molecule has 162 valence electrons. The predicted molar refractivity (Wildman–Crippen MR) is 118 cm³/mol. The lowest BCUT2D eigenvalue weighted by Crippen LogP contribution is -2.29. The summed E-state index contributed by atoms with van der Waals surface area (Å²) in [7, 11) is 0. The SMILES string of the molecule is O=C(Cn1nc2n(Cc3cccs3)c(=O)c3sccc3n2c1=O)Nc1ccc(F)cc1F. The number of thiophene rings is 2. The maximum absolute atomic E-state index is 13.8. The maximum Gasteiger partial charge on any atom is 0.352 e. The Balaban J connectivity index is 1.57. The Morgan fingerprint density at radius 3 is 2.69 bits per heavy atom. The number of carbonyl (C=O) groups excluding carboxylic acids is 1. The van der Waals surface area contributed by atoms with Crippen molar-refractivity contribution in [3.05, 3.63) is 84.5 Å². The number of carbonyl (C=O) groups is 1. The van der Waals surface area contributed by atoms with E-state index in [2.05, 4.69) is 10.4 Å². The van der Waals surface area contributed by atoms with Crippen molar-refractivity contribution in [2.24, 2.45) is 0 Å². The predicted octanol–water partition coefficient (Wildman–Crippen LogP) is 2.90. The van der Waals surface area contributed by atoms with Gasteiger partial charge in [0.15, 0.2) is 0 Å². The molecule has 1 amide bonds. The molecule has 1 N–H and O–H groups in total. The second-order valence-corrected chi connectivity index (χ2v) is 8.80. The molecule has 0 radical (unpaired) electrons. The fourth-order valence-electron chi connectivity index (χ4n) is 3.35. The fourth-order valence-corrected chi connectivity index (χ4v) is 4.87. The highest BCUT2D eigenvalue weighted by Crippen LogP contribution is 2.19. The van der Waals surface area contributed by atoms with Gasteiger partial charge in [0, 0.05) is 10.9 Å². The molecule has 32 heavy (non-hydrogen) atoms. The lowest BCUT2D eigenvalue weighted by Gasteiger charge is -2.06. The summed E-state index contributed by atoms with van der Waals surface area (Å²) in [5.74, 6) is -2.35. The number of rotatable bonds is 5. The number of aromatic nitrogens is 4. The Morgan fingerprint density at radius 1 is 1.09 bits per heavy atom. The van der Waals surface area contributed by atoms with Gasteiger partial charge in [-0.3, -0.25) is 14.2 Å². The largest absolute Gasteiger partial charge is 0.352 e. The maximum atomic E-state index is 13.8. The molecule has 5 rings (SSSR count). The molecule has 0 aliphatic rings. The third kappa shape index (κ3) is 3.42. The molecular formula is C20H13F2N5O3S2. The van der Waals surface area contributed by atoms with Gasteiger partial charge in [0.2, 0.25) is 11.7 Å². The van der Waals surface area contributed by atoms with E-state index >= 15 is 0 Å². The summed E-state index contributed by atoms with van der Waals surface area (Å²) in [5, 5.41) is 10.1. The third-order valence-electron chi connectivity index (χ3n) is 4.78. The van der Waals surface area contributed by atoms with E-state index in [1.165, 1.54) is 31.6 Å². The van der Waals surface area contributed by atoms with Gasteiger partial charge in [0.25, 0.3) is 5.56 Å². The van der Waals surface area contributed by atoms with E-state index in [0.29, 0.717) is 16.3 Å². The minimum absolute atomic E-state index is 0.0973. The molecule has 1 aromatic carbocycles. The quantitative estimate of drug-likeness (QED) is 0.425. The number of hydrogen-bond acceptors (Lipinski definition) is 6. The Bertz CT molecular complexity index is 1600. The normalized spacial score (nSPS) is 11.4. The number of hydrogen-bond donors (Lipinski definition) is 1. The van der Waals surface area contributed by atoms with Gasteiger partial charge >= 0.3 is 5.69 Å². The molecule has 12 heteroatoms. The van der Waals surface area contributed by atoms with E-state index in [4.69, 9.17) is 0 Å². The van der Waals surface area contributed by atoms with Gasteiger partial charge in [0.1, 0.15) is 22.9 Å². The van der Waals surface area contributed by atoms with Crippen LogP contribution in [-0.4, -0.2) is 24.7 Å². The zero-order valence-corrected chi connectivity index (χ0v) is 17.8. The minimum Gasteiger partial charge on any atom is -0.322 e. The van der Waals surface area contributed by atoms with Crippen molar-refractivity contribution >= 4 is 50.3 Å². The van der Waals surface area contributed by atoms with Crippen LogP contribution in [0.4, 0.5) is 14.5 Å². The first-order valence-corrected chi connectivity index (χ1v) is 11.0. The smallest absolute Gasteiger partial charge is 0.322 e. The van der Waals surface area contributed by atoms with Crippen LogP contribution in [0.25, 0.3) is 16.0 Å². The summed E-state index contributed by atoms with van der Waals surface area (Å²) in [6.07, 6.45) is 0. The van der Waals surface area contributed by atoms with Gasteiger partial charge in [-0.25, -0.2) is 22.7 Å². The van der Waals surface area contributed by atoms with E-state index in [-0.39, 0.29) is 23.6 Å². The second-order valence-electron chi connectivity index (χ2n) is 6.85. The highest BCUT2D eigenvalue weighted by Gasteiger charge is 2.20. The van der Waals surface area contributed by atoms with Crippen LogP contribution in [0.5, 0.6) is 0 Å². The molecule has 0 saturated heterocycles. The van der Waals surface area contributed by atoms with E-state index in [9.17, 15) is 23.2 Å². The Hall–Kier alpha value is -3.64. The topological polar surface area (TPSA) is 90.4 Å². The number of anilines is 1. The van der Waals surface area contributed by atoms with Crippen LogP contribution in [-0.2, 0) is 17.9 Å². The molecule has 4 aromatic heterocycles. The summed E-state index contributed by atoms with van der Waals surface area (Å²) >= 11 is 2.68. The molecular weight excluding hydrogens is 460 g/mol. The van der Waals surface area contributed by atoms with Crippen molar-refractivity contribution in [2.45, 2.75) is 13.1 Å². The van der Waals surface area contributed by atoms with Gasteiger partial charge < -0.3 is 5.32 Å². The van der Waals surface area contributed by atoms with Crippen LogP contribution < -0.4 is 16.6 Å². The van der Waals surface area contributed by atoms with Crippen LogP contribution in [0.3, 0.4) is 0 Å². The average molecular weight is 473 g/mol. The highest BCUT2D eigenvalue weighted by molar-refractivity contribution is 7.17. The molecule has 0 bridgehead atoms. The summed E-state index contributed by atoms with van der Waals surface area (Å²) in [4.78, 5) is 39.4. The Kier molecular flexibility index (Phi) is 4.94. The molecule has 0 spiro atoms. The van der Waals surface area contributed by atoms with Crippen LogP contribution in [0, 0.1) is 11.6 Å². The molecule has 8 nitrogen and oxygen atoms in total. The van der Waals surface area contributed by atoms with Crippen molar-refractivity contribution in [2.75, 3.05) is 5.32 Å². The van der Waals surface area contributed by atoms with Gasteiger partial charge in [-0.2, -0.15) is 0 Å². The van der Waals surface area contributed by atoms with Crippen LogP contribution in [0.1, 0.15) is 4.88 Å². The molecule has 0 saturated carbocycles. The summed E-state index contributed by atoms with van der Waals surface area (Å²) < 4.78 is 30.9. The molecule has 4 heterocycles. The Labute approximate surface area is 185 Å². The van der Waals surface area contributed by atoms with Crippen LogP contribution in [0.2, 0.25) is 0 Å². The first-order valence-electron chi connectivity index (χ1n) is 9.29. The third-order valence-corrected chi connectivity index (χ3v) is 6.53. The van der Waals surface area contributed by atoms with Crippen LogP contribution in [0.15, 0.2) is 56.7 Å². The molecule has 0 aliphatic carbocycles. The van der Waals surface area contributed by atoms with E-state index in [1.807, 2.05) is 17.5 Å².